The van der Waals surface area contributed by atoms with Gasteiger partial charge in [0.15, 0.2) is 0 Å². The van der Waals surface area contributed by atoms with Gasteiger partial charge in [-0.1, -0.05) is 23.7 Å². The summed E-state index contributed by atoms with van der Waals surface area (Å²) in [6.45, 7) is 1.48. The Bertz CT molecular complexity index is 531. The van der Waals surface area contributed by atoms with E-state index in [-0.39, 0.29) is 0 Å². The van der Waals surface area contributed by atoms with Crippen LogP contribution in [0.3, 0.4) is 0 Å². The lowest BCUT2D eigenvalue weighted by Gasteiger charge is -2.25. The zero-order valence-electron chi connectivity index (χ0n) is 10.1. The van der Waals surface area contributed by atoms with Crippen LogP contribution in [0.1, 0.15) is 29.4 Å². The first-order valence-corrected chi connectivity index (χ1v) is 6.64. The molecule has 3 rings (SSSR count). The van der Waals surface area contributed by atoms with Crippen molar-refractivity contribution in [3.63, 3.8) is 0 Å². The molecule has 0 radical (unpaired) electrons. The number of halogens is 1. The van der Waals surface area contributed by atoms with Crippen molar-refractivity contribution in [2.45, 2.75) is 31.8 Å². The minimum absolute atomic E-state index is 0.507. The molecule has 1 atom stereocenters. The van der Waals surface area contributed by atoms with Gasteiger partial charge in [-0.15, -0.1) is 0 Å². The molecular weight excluding hydrogens is 246 g/mol. The van der Waals surface area contributed by atoms with E-state index < -0.39 is 0 Å². The summed E-state index contributed by atoms with van der Waals surface area (Å²) < 4.78 is 2.27. The summed E-state index contributed by atoms with van der Waals surface area (Å²) in [6, 6.07) is 8.17. The average Bonchev–Trinajstić information content (AvgIpc) is 2.81. The largest absolute Gasteiger partial charge is 0.330 e. The Morgan fingerprint density at radius 2 is 2.11 bits per heavy atom. The van der Waals surface area contributed by atoms with Gasteiger partial charge in [0.1, 0.15) is 5.82 Å². The fourth-order valence-corrected chi connectivity index (χ4v) is 2.81. The zero-order chi connectivity index (χ0) is 12.5. The van der Waals surface area contributed by atoms with Gasteiger partial charge in [0.2, 0.25) is 0 Å². The number of hydrogen-bond acceptors (Lipinski definition) is 2. The van der Waals surface area contributed by atoms with E-state index in [1.807, 2.05) is 18.3 Å². The maximum absolute atomic E-state index is 5.93. The topological polar surface area (TPSA) is 43.8 Å². The molecule has 0 amide bonds. The van der Waals surface area contributed by atoms with Crippen LogP contribution in [0.25, 0.3) is 0 Å². The maximum atomic E-state index is 5.93. The predicted molar refractivity (Wildman–Crippen MR) is 72.6 cm³/mol. The third kappa shape index (κ3) is 2.04. The summed E-state index contributed by atoms with van der Waals surface area (Å²) >= 11 is 5.93. The number of imidazole rings is 1. The lowest BCUT2D eigenvalue weighted by atomic mass is 9.91. The van der Waals surface area contributed by atoms with Crippen LogP contribution in [0, 0.1) is 0 Å². The second-order valence-electron chi connectivity index (χ2n) is 4.77. The van der Waals surface area contributed by atoms with Gasteiger partial charge in [-0.25, -0.2) is 4.98 Å². The second kappa shape index (κ2) is 4.75. The molecule has 1 aromatic heterocycles. The first-order valence-electron chi connectivity index (χ1n) is 6.26. The number of benzene rings is 1. The van der Waals surface area contributed by atoms with E-state index >= 15 is 0 Å². The molecule has 3 nitrogen and oxygen atoms in total. The standard InChI is InChI=1S/C14H16ClN3/c15-12-4-1-10(2-5-12)11-3-6-13-8-17-14(7-16)18(13)9-11/h1-2,4-5,8,11H,3,6-7,9,16H2. The Balaban J connectivity index is 1.87. The number of fused-ring (bicyclic) bond motifs is 1. The van der Waals surface area contributed by atoms with E-state index in [0.717, 1.165) is 30.2 Å². The monoisotopic (exact) mass is 261 g/mol. The van der Waals surface area contributed by atoms with E-state index in [9.17, 15) is 0 Å². The van der Waals surface area contributed by atoms with Gasteiger partial charge >= 0.3 is 0 Å². The van der Waals surface area contributed by atoms with Crippen LogP contribution < -0.4 is 5.73 Å². The quantitative estimate of drug-likeness (QED) is 0.903. The third-order valence-electron chi connectivity index (χ3n) is 3.70. The molecule has 1 aliphatic rings. The first kappa shape index (κ1) is 11.8. The van der Waals surface area contributed by atoms with E-state index in [1.54, 1.807) is 0 Å². The summed E-state index contributed by atoms with van der Waals surface area (Å²) in [5.41, 5.74) is 8.38. The Kier molecular flexibility index (Phi) is 3.10. The fraction of sp³-hybridized carbons (Fsp3) is 0.357. The Morgan fingerprint density at radius 3 is 2.83 bits per heavy atom. The average molecular weight is 262 g/mol. The van der Waals surface area contributed by atoms with Crippen molar-refractivity contribution in [3.05, 3.63) is 52.6 Å². The summed E-state index contributed by atoms with van der Waals surface area (Å²) in [5.74, 6) is 1.53. The Hall–Kier alpha value is -1.32. The molecule has 0 fully saturated rings. The van der Waals surface area contributed by atoms with E-state index in [4.69, 9.17) is 17.3 Å². The van der Waals surface area contributed by atoms with Crippen LogP contribution in [-0.4, -0.2) is 9.55 Å². The summed E-state index contributed by atoms with van der Waals surface area (Å²) in [7, 11) is 0. The highest BCUT2D eigenvalue weighted by Gasteiger charge is 2.22. The molecule has 1 unspecified atom stereocenters. The predicted octanol–water partition coefficient (Wildman–Crippen LogP) is 2.73. The van der Waals surface area contributed by atoms with Crippen LogP contribution in [0.2, 0.25) is 5.02 Å². The van der Waals surface area contributed by atoms with Gasteiger partial charge in [0, 0.05) is 29.4 Å². The van der Waals surface area contributed by atoms with Crippen LogP contribution >= 0.6 is 11.6 Å². The van der Waals surface area contributed by atoms with Crippen molar-refractivity contribution < 1.29 is 0 Å². The van der Waals surface area contributed by atoms with E-state index in [1.165, 1.54) is 11.3 Å². The van der Waals surface area contributed by atoms with Crippen molar-refractivity contribution in [1.29, 1.82) is 0 Å². The molecule has 2 heterocycles. The number of nitrogens with zero attached hydrogens (tertiary/aromatic N) is 2. The first-order chi connectivity index (χ1) is 8.78. The molecule has 4 heteroatoms. The molecule has 0 bridgehead atoms. The minimum atomic E-state index is 0.507. The van der Waals surface area contributed by atoms with Crippen LogP contribution in [0.4, 0.5) is 0 Å². The van der Waals surface area contributed by atoms with E-state index in [0.29, 0.717) is 12.5 Å². The molecular formula is C14H16ClN3. The van der Waals surface area contributed by atoms with Crippen molar-refractivity contribution in [2.75, 3.05) is 0 Å². The molecule has 1 aliphatic heterocycles. The zero-order valence-corrected chi connectivity index (χ0v) is 10.9. The number of aryl methyl sites for hydroxylation is 1. The van der Waals surface area contributed by atoms with Crippen LogP contribution in [-0.2, 0) is 19.5 Å². The molecule has 18 heavy (non-hydrogen) atoms. The number of nitrogens with two attached hydrogens (primary N) is 1. The highest BCUT2D eigenvalue weighted by atomic mass is 35.5. The summed E-state index contributed by atoms with van der Waals surface area (Å²) in [5, 5.41) is 0.792. The molecule has 94 valence electrons. The lowest BCUT2D eigenvalue weighted by Crippen LogP contribution is -2.21. The molecule has 0 saturated heterocycles. The summed E-state index contributed by atoms with van der Waals surface area (Å²) in [6.07, 6.45) is 4.19. The van der Waals surface area contributed by atoms with Gasteiger partial charge < -0.3 is 10.3 Å². The summed E-state index contributed by atoms with van der Waals surface area (Å²) in [4.78, 5) is 4.38. The van der Waals surface area contributed by atoms with Crippen LogP contribution in [0.15, 0.2) is 30.5 Å². The molecule has 1 aromatic carbocycles. The smallest absolute Gasteiger partial charge is 0.122 e. The molecule has 0 aliphatic carbocycles. The Morgan fingerprint density at radius 1 is 1.33 bits per heavy atom. The van der Waals surface area contributed by atoms with Crippen molar-refractivity contribution >= 4 is 11.6 Å². The maximum Gasteiger partial charge on any atom is 0.122 e. The lowest BCUT2D eigenvalue weighted by molar-refractivity contribution is 0.451. The van der Waals surface area contributed by atoms with Crippen molar-refractivity contribution in [2.24, 2.45) is 5.73 Å². The normalized spacial score (nSPS) is 18.7. The molecule has 2 N–H and O–H groups in total. The number of hydrogen-bond donors (Lipinski definition) is 1. The third-order valence-corrected chi connectivity index (χ3v) is 3.95. The van der Waals surface area contributed by atoms with Gasteiger partial charge in [0.05, 0.1) is 6.54 Å². The highest BCUT2D eigenvalue weighted by molar-refractivity contribution is 6.30. The van der Waals surface area contributed by atoms with Gasteiger partial charge in [0.25, 0.3) is 0 Å². The highest BCUT2D eigenvalue weighted by Crippen LogP contribution is 2.30. The molecule has 2 aromatic rings. The number of aromatic nitrogens is 2. The molecule has 0 spiro atoms. The fourth-order valence-electron chi connectivity index (χ4n) is 2.68. The van der Waals surface area contributed by atoms with Gasteiger partial charge in [-0.3, -0.25) is 0 Å². The SMILES string of the molecule is NCc1ncc2n1CC(c1ccc(Cl)cc1)CC2. The second-order valence-corrected chi connectivity index (χ2v) is 5.20. The van der Waals surface area contributed by atoms with Crippen LogP contribution in [0.5, 0.6) is 0 Å². The number of rotatable bonds is 2. The molecule has 0 saturated carbocycles. The van der Waals surface area contributed by atoms with Gasteiger partial charge in [-0.05, 0) is 30.5 Å². The van der Waals surface area contributed by atoms with Crippen molar-refractivity contribution in [1.82, 2.24) is 9.55 Å². The minimum Gasteiger partial charge on any atom is -0.330 e. The van der Waals surface area contributed by atoms with E-state index in [2.05, 4.69) is 21.7 Å². The van der Waals surface area contributed by atoms with Gasteiger partial charge in [-0.2, -0.15) is 0 Å². The Labute approximate surface area is 112 Å². The van der Waals surface area contributed by atoms with Crippen molar-refractivity contribution in [3.8, 4) is 0 Å².